The zero-order valence-corrected chi connectivity index (χ0v) is 46.6. The Morgan fingerprint density at radius 3 is 1.46 bits per heavy atom. The molecule has 2 aromatic carbocycles. The van der Waals surface area contributed by atoms with Gasteiger partial charge in [-0.05, 0) is 60.7 Å². The zero-order valence-electron chi connectivity index (χ0n) is 45.7. The minimum absolute atomic E-state index is 0.0516. The summed E-state index contributed by atoms with van der Waals surface area (Å²) in [5.74, 6) is -8.35. The van der Waals surface area contributed by atoms with Gasteiger partial charge >= 0.3 is 5.97 Å². The number of aliphatic hydroxyl groups excluding tert-OH is 2. The average molecular weight is 1110 g/mol. The highest BCUT2D eigenvalue weighted by molar-refractivity contribution is 7.98. The maximum absolute atomic E-state index is 14.6. The molecular weight excluding hydrogens is 1030 g/mol. The summed E-state index contributed by atoms with van der Waals surface area (Å²) in [5.41, 5.74) is 7.70. The van der Waals surface area contributed by atoms with E-state index in [0.29, 0.717) is 35.4 Å². The SMILES string of the molecule is CC[C@H](C)[C@H](N)C(=O)N[C@@H](CC(C)C)C(=O)N[C@@H](CCSC)C(=O)N[C@H](C(=O)N[C@@H](Cc1cnc[nH]1)C(=O)N[C@@H](Cc1ccccc1)C(=O)N[C@@H](Cc1ccccc1)C(=O)N[C@@H](CO)C(=O)N[C@H](C(=O)O)[C@@H](C)CC)[C@@H](C)O. The van der Waals surface area contributed by atoms with Gasteiger partial charge in [0.1, 0.15) is 48.3 Å². The number of thioether (sulfide) groups is 1. The molecule has 78 heavy (non-hydrogen) atoms. The van der Waals surface area contributed by atoms with Crippen LogP contribution in [0.3, 0.4) is 0 Å². The number of aromatic amines is 1. The van der Waals surface area contributed by atoms with Crippen molar-refractivity contribution in [2.45, 2.75) is 154 Å². The molecule has 24 heteroatoms. The van der Waals surface area contributed by atoms with Gasteiger partial charge in [0.25, 0.3) is 0 Å². The summed E-state index contributed by atoms with van der Waals surface area (Å²) >= 11 is 1.39. The fourth-order valence-corrected chi connectivity index (χ4v) is 8.54. The third kappa shape index (κ3) is 21.5. The topological polar surface area (TPSA) is 365 Å². The lowest BCUT2D eigenvalue weighted by Crippen LogP contribution is -2.62. The maximum Gasteiger partial charge on any atom is 0.326 e. The molecule has 12 atom stereocenters. The molecule has 3 aromatic rings. The fraction of sp³-hybridized carbons (Fsp3) is 0.556. The molecule has 0 bridgehead atoms. The number of aliphatic carboxylic acids is 1. The van der Waals surface area contributed by atoms with Crippen molar-refractivity contribution in [3.63, 3.8) is 0 Å². The van der Waals surface area contributed by atoms with Gasteiger partial charge in [-0.1, -0.05) is 115 Å². The third-order valence-corrected chi connectivity index (χ3v) is 13.9. The van der Waals surface area contributed by atoms with Crippen LogP contribution in [-0.4, -0.2) is 158 Å². The van der Waals surface area contributed by atoms with E-state index in [2.05, 4.69) is 52.5 Å². The van der Waals surface area contributed by atoms with E-state index in [1.165, 1.54) is 31.2 Å². The first-order valence-electron chi connectivity index (χ1n) is 26.3. The van der Waals surface area contributed by atoms with Crippen LogP contribution in [0.25, 0.3) is 0 Å². The highest BCUT2D eigenvalue weighted by Crippen LogP contribution is 2.14. The van der Waals surface area contributed by atoms with Crippen molar-refractivity contribution in [2.75, 3.05) is 18.6 Å². The number of nitrogens with zero attached hydrogens (tertiary/aromatic N) is 1. The van der Waals surface area contributed by atoms with Crippen molar-refractivity contribution in [3.05, 3.63) is 90.0 Å². The number of imidazole rings is 1. The summed E-state index contributed by atoms with van der Waals surface area (Å²) < 4.78 is 0. The molecule has 3 rings (SSSR count). The average Bonchev–Trinajstić information content (AvgIpc) is 3.94. The summed E-state index contributed by atoms with van der Waals surface area (Å²) in [6.07, 6.45) is 3.81. The number of nitrogens with one attached hydrogen (secondary N) is 9. The Balaban J connectivity index is 1.96. The van der Waals surface area contributed by atoms with Crippen LogP contribution in [0.5, 0.6) is 0 Å². The van der Waals surface area contributed by atoms with E-state index in [9.17, 15) is 58.5 Å². The lowest BCUT2D eigenvalue weighted by Gasteiger charge is -2.29. The van der Waals surface area contributed by atoms with Crippen LogP contribution in [0, 0.1) is 17.8 Å². The molecule has 0 aliphatic heterocycles. The molecule has 1 heterocycles. The fourth-order valence-electron chi connectivity index (χ4n) is 8.07. The Hall–Kier alpha value is -6.89. The smallest absolute Gasteiger partial charge is 0.326 e. The number of nitrogens with two attached hydrogens (primary N) is 1. The largest absolute Gasteiger partial charge is 0.480 e. The highest BCUT2D eigenvalue weighted by atomic mass is 32.2. The Morgan fingerprint density at radius 2 is 1.01 bits per heavy atom. The number of hydrogen-bond donors (Lipinski definition) is 13. The number of carboxylic acids is 1. The second-order valence-corrected chi connectivity index (χ2v) is 21.0. The molecule has 0 aliphatic carbocycles. The number of aromatic nitrogens is 2. The maximum atomic E-state index is 14.6. The zero-order chi connectivity index (χ0) is 58.1. The molecule has 0 fully saturated rings. The van der Waals surface area contributed by atoms with Crippen LogP contribution in [0.2, 0.25) is 0 Å². The van der Waals surface area contributed by atoms with Crippen LogP contribution < -0.4 is 48.3 Å². The minimum Gasteiger partial charge on any atom is -0.480 e. The number of hydrogen-bond acceptors (Lipinski definition) is 14. The predicted octanol–water partition coefficient (Wildman–Crippen LogP) is -0.00760. The summed E-state index contributed by atoms with van der Waals surface area (Å²) in [5, 5.41) is 51.8. The van der Waals surface area contributed by atoms with Gasteiger partial charge in [0.2, 0.25) is 47.3 Å². The second kappa shape index (κ2) is 33.4. The van der Waals surface area contributed by atoms with Crippen LogP contribution >= 0.6 is 11.8 Å². The number of aliphatic hydroxyl groups is 2. The van der Waals surface area contributed by atoms with Crippen molar-refractivity contribution in [3.8, 4) is 0 Å². The minimum atomic E-state index is -1.70. The monoisotopic (exact) mass is 1110 g/mol. The van der Waals surface area contributed by atoms with E-state index in [4.69, 9.17) is 5.73 Å². The van der Waals surface area contributed by atoms with Crippen molar-refractivity contribution in [1.82, 2.24) is 52.5 Å². The molecule has 0 saturated heterocycles. The van der Waals surface area contributed by atoms with Crippen LogP contribution in [0.1, 0.15) is 91.0 Å². The summed E-state index contributed by atoms with van der Waals surface area (Å²) in [6, 6.07) is 4.90. The van der Waals surface area contributed by atoms with Gasteiger partial charge in [0.05, 0.1) is 25.1 Å². The van der Waals surface area contributed by atoms with Crippen molar-refractivity contribution < 1.29 is 58.5 Å². The lowest BCUT2D eigenvalue weighted by atomic mass is 9.97. The molecule has 0 unspecified atom stereocenters. The van der Waals surface area contributed by atoms with E-state index >= 15 is 0 Å². The first kappa shape index (κ1) is 65.4. The molecule has 0 saturated carbocycles. The predicted molar refractivity (Wildman–Crippen MR) is 294 cm³/mol. The Bertz CT molecular complexity index is 2400. The number of carbonyl (C=O) groups excluding carboxylic acids is 8. The van der Waals surface area contributed by atoms with Crippen molar-refractivity contribution >= 4 is 65.0 Å². The molecule has 23 nitrogen and oxygen atoms in total. The first-order chi connectivity index (χ1) is 37.0. The number of H-pyrrole nitrogens is 1. The molecule has 1 aromatic heterocycles. The Kier molecular flexibility index (Phi) is 28.0. The first-order valence-corrected chi connectivity index (χ1v) is 27.7. The van der Waals surface area contributed by atoms with E-state index in [1.807, 2.05) is 27.7 Å². The normalized spacial score (nSPS) is 15.9. The summed E-state index contributed by atoms with van der Waals surface area (Å²) in [4.78, 5) is 131. The van der Waals surface area contributed by atoms with Crippen molar-refractivity contribution in [1.29, 1.82) is 0 Å². The van der Waals surface area contributed by atoms with Crippen molar-refractivity contribution in [2.24, 2.45) is 23.5 Å². The van der Waals surface area contributed by atoms with Crippen LogP contribution in [0.4, 0.5) is 0 Å². The number of benzene rings is 2. The van der Waals surface area contributed by atoms with Gasteiger partial charge in [-0.3, -0.25) is 38.4 Å². The molecular formula is C54H81N11O12S. The molecule has 430 valence electrons. The van der Waals surface area contributed by atoms with E-state index in [1.54, 1.807) is 80.8 Å². The quantitative estimate of drug-likeness (QED) is 0.0374. The molecule has 0 spiro atoms. The van der Waals surface area contributed by atoms with Gasteiger partial charge < -0.3 is 68.6 Å². The molecule has 14 N–H and O–H groups in total. The Morgan fingerprint density at radius 1 is 0.577 bits per heavy atom. The number of carbonyl (C=O) groups is 9. The van der Waals surface area contributed by atoms with Gasteiger partial charge in [-0.2, -0.15) is 11.8 Å². The van der Waals surface area contributed by atoms with Crippen LogP contribution in [0.15, 0.2) is 73.2 Å². The lowest BCUT2D eigenvalue weighted by molar-refractivity contribution is -0.144. The highest BCUT2D eigenvalue weighted by Gasteiger charge is 2.37. The van der Waals surface area contributed by atoms with Gasteiger partial charge in [-0.15, -0.1) is 0 Å². The van der Waals surface area contributed by atoms with Gasteiger partial charge in [-0.25, -0.2) is 9.78 Å². The standard InChI is InChI=1S/C54H81N11O12S/c1-9-31(5)43(55)52(74)61-38(23-30(3)4)47(69)58-37(21-22-78-8)46(68)65-45(33(7)67)53(75)62-41(26-36-27-56-29-57-36)50(72)60-39(24-34-17-13-11-14-18-34)48(70)59-40(25-35-19-15-12-16-20-35)49(71)63-42(28-66)51(73)64-44(54(76)77)32(6)10-2/h11-20,27,29-33,37-45,66-67H,9-10,21-26,28,55H2,1-8H3,(H,56,57)(H,58,69)(H,59,70)(H,60,72)(H,61,74)(H,62,75)(H,63,71)(H,64,73)(H,65,68)(H,76,77)/t31-,32-,33+,37-,38-,39-,40-,41-,42-,43-,44-,45-/m0/s1. The van der Waals surface area contributed by atoms with Crippen LogP contribution in [-0.2, 0) is 62.4 Å². The van der Waals surface area contributed by atoms with Gasteiger partial charge in [0, 0.05) is 31.2 Å². The van der Waals surface area contributed by atoms with E-state index in [0.717, 1.165) is 0 Å². The second-order valence-electron chi connectivity index (χ2n) is 20.0. The number of amides is 8. The van der Waals surface area contributed by atoms with E-state index in [-0.39, 0.29) is 43.9 Å². The molecule has 0 aliphatic rings. The third-order valence-electron chi connectivity index (χ3n) is 13.2. The van der Waals surface area contributed by atoms with Gasteiger partial charge in [0.15, 0.2) is 0 Å². The Labute approximate surface area is 460 Å². The number of carboxylic acid groups (broad SMARTS) is 1. The molecule has 8 amide bonds. The summed E-state index contributed by atoms with van der Waals surface area (Å²) in [7, 11) is 0. The number of rotatable bonds is 34. The summed E-state index contributed by atoms with van der Waals surface area (Å²) in [6.45, 7) is 11.1. The molecule has 0 radical (unpaired) electrons. The van der Waals surface area contributed by atoms with E-state index < -0.39 is 126 Å².